The van der Waals surface area contributed by atoms with Gasteiger partial charge < -0.3 is 5.73 Å². The van der Waals surface area contributed by atoms with Crippen molar-refractivity contribution in [3.63, 3.8) is 0 Å². The highest BCUT2D eigenvalue weighted by atomic mass is 19.1. The van der Waals surface area contributed by atoms with Gasteiger partial charge in [-0.1, -0.05) is 0 Å². The molecule has 2 saturated carbocycles. The second kappa shape index (κ2) is 1.24. The van der Waals surface area contributed by atoms with Crippen molar-refractivity contribution in [3.05, 3.63) is 0 Å². The third-order valence-electron chi connectivity index (χ3n) is 2.45. The van der Waals surface area contributed by atoms with Crippen molar-refractivity contribution in [3.8, 4) is 0 Å². The lowest BCUT2D eigenvalue weighted by Gasteiger charge is -1.99. The number of hydrogen-bond donors (Lipinski definition) is 1. The summed E-state index contributed by atoms with van der Waals surface area (Å²) < 4.78 is 12.3. The summed E-state index contributed by atoms with van der Waals surface area (Å²) in [7, 11) is 0. The fraction of sp³-hybridized carbons (Fsp3) is 1.00. The zero-order valence-corrected chi connectivity index (χ0v) is 4.68. The number of fused-ring (bicyclic) bond motifs is 1. The monoisotopic (exact) mass is 115 g/mol. The SMILES string of the molecule is NC1[C@H]2CC(F)C[C@@H]12. The van der Waals surface area contributed by atoms with Crippen molar-refractivity contribution in [1.82, 2.24) is 0 Å². The summed E-state index contributed by atoms with van der Waals surface area (Å²) in [5, 5.41) is 0. The van der Waals surface area contributed by atoms with Crippen LogP contribution in [0.3, 0.4) is 0 Å². The summed E-state index contributed by atoms with van der Waals surface area (Å²) in [6.07, 6.45) is 0.960. The van der Waals surface area contributed by atoms with Crippen LogP contribution in [0, 0.1) is 11.8 Å². The largest absolute Gasteiger partial charge is 0.327 e. The average Bonchev–Trinajstić information content (AvgIpc) is 2.29. The van der Waals surface area contributed by atoms with Crippen LogP contribution >= 0.6 is 0 Å². The van der Waals surface area contributed by atoms with E-state index in [0.29, 0.717) is 17.9 Å². The average molecular weight is 115 g/mol. The smallest absolute Gasteiger partial charge is 0.101 e. The van der Waals surface area contributed by atoms with Crippen molar-refractivity contribution < 1.29 is 4.39 Å². The van der Waals surface area contributed by atoms with Gasteiger partial charge in [0.25, 0.3) is 0 Å². The quantitative estimate of drug-likeness (QED) is 0.494. The number of rotatable bonds is 0. The molecule has 2 aliphatic rings. The second-order valence-electron chi connectivity index (χ2n) is 2.97. The Kier molecular flexibility index (Phi) is 0.734. The van der Waals surface area contributed by atoms with Crippen LogP contribution in [0.4, 0.5) is 4.39 Å². The van der Waals surface area contributed by atoms with Crippen molar-refractivity contribution in [2.45, 2.75) is 25.1 Å². The highest BCUT2D eigenvalue weighted by Crippen LogP contribution is 2.51. The lowest BCUT2D eigenvalue weighted by molar-refractivity contribution is 0.311. The Bertz CT molecular complexity index is 103. The van der Waals surface area contributed by atoms with E-state index in [1.54, 1.807) is 0 Å². The fourth-order valence-electron chi connectivity index (χ4n) is 1.83. The van der Waals surface area contributed by atoms with E-state index < -0.39 is 6.17 Å². The first-order valence-electron chi connectivity index (χ1n) is 3.18. The van der Waals surface area contributed by atoms with Gasteiger partial charge >= 0.3 is 0 Å². The maximum atomic E-state index is 12.3. The van der Waals surface area contributed by atoms with Gasteiger partial charge in [0.2, 0.25) is 0 Å². The third-order valence-corrected chi connectivity index (χ3v) is 2.45. The second-order valence-corrected chi connectivity index (χ2v) is 2.97. The lowest BCUT2D eigenvalue weighted by Crippen LogP contribution is -2.11. The van der Waals surface area contributed by atoms with E-state index in [1.807, 2.05) is 0 Å². The molecule has 0 heterocycles. The molecule has 2 rings (SSSR count). The Morgan fingerprint density at radius 3 is 2.12 bits per heavy atom. The first-order chi connectivity index (χ1) is 3.79. The molecular weight excluding hydrogens is 105 g/mol. The van der Waals surface area contributed by atoms with Gasteiger partial charge in [-0.05, 0) is 24.7 Å². The molecule has 0 amide bonds. The summed E-state index contributed by atoms with van der Waals surface area (Å²) in [4.78, 5) is 0. The van der Waals surface area contributed by atoms with E-state index in [-0.39, 0.29) is 0 Å². The molecule has 2 N–H and O–H groups in total. The highest BCUT2D eigenvalue weighted by molar-refractivity contribution is 5.07. The summed E-state index contributed by atoms with van der Waals surface area (Å²) >= 11 is 0. The van der Waals surface area contributed by atoms with Gasteiger partial charge in [-0.25, -0.2) is 4.39 Å². The number of alkyl halides is 1. The molecule has 1 nitrogen and oxygen atoms in total. The number of halogens is 1. The molecule has 0 aromatic rings. The van der Waals surface area contributed by atoms with E-state index >= 15 is 0 Å². The lowest BCUT2D eigenvalue weighted by atomic mass is 10.2. The van der Waals surface area contributed by atoms with Crippen molar-refractivity contribution in [1.29, 1.82) is 0 Å². The van der Waals surface area contributed by atoms with Gasteiger partial charge in [0.05, 0.1) is 0 Å². The van der Waals surface area contributed by atoms with Gasteiger partial charge in [-0.2, -0.15) is 0 Å². The minimum Gasteiger partial charge on any atom is -0.327 e. The van der Waals surface area contributed by atoms with Gasteiger partial charge in [0.1, 0.15) is 6.17 Å². The Morgan fingerprint density at radius 1 is 1.25 bits per heavy atom. The van der Waals surface area contributed by atoms with Crippen LogP contribution in [0.15, 0.2) is 0 Å². The predicted molar refractivity (Wildman–Crippen MR) is 29.1 cm³/mol. The maximum absolute atomic E-state index is 12.3. The van der Waals surface area contributed by atoms with E-state index in [2.05, 4.69) is 0 Å². The summed E-state index contributed by atoms with van der Waals surface area (Å²) in [5.41, 5.74) is 5.57. The molecule has 0 saturated heterocycles. The third kappa shape index (κ3) is 0.440. The molecule has 0 spiro atoms. The van der Waals surface area contributed by atoms with Crippen molar-refractivity contribution in [2.75, 3.05) is 0 Å². The number of hydrogen-bond acceptors (Lipinski definition) is 1. The van der Waals surface area contributed by atoms with Crippen molar-refractivity contribution in [2.24, 2.45) is 17.6 Å². The Labute approximate surface area is 48.1 Å². The fourth-order valence-corrected chi connectivity index (χ4v) is 1.83. The first-order valence-corrected chi connectivity index (χ1v) is 3.18. The molecule has 4 atom stereocenters. The van der Waals surface area contributed by atoms with Crippen LogP contribution in [0.5, 0.6) is 0 Å². The standard InChI is InChI=1S/C6H10FN/c7-3-1-4-5(2-3)6(4)8/h3-6H,1-2,8H2/t3?,4-,5+,6?. The molecule has 0 aromatic carbocycles. The van der Waals surface area contributed by atoms with E-state index in [4.69, 9.17) is 5.73 Å². The molecule has 8 heavy (non-hydrogen) atoms. The van der Waals surface area contributed by atoms with Crippen LogP contribution in [-0.4, -0.2) is 12.2 Å². The normalized spacial score (nSPS) is 60.8. The van der Waals surface area contributed by atoms with E-state index in [9.17, 15) is 4.39 Å². The van der Waals surface area contributed by atoms with Gasteiger partial charge in [-0.15, -0.1) is 0 Å². The molecule has 2 aliphatic carbocycles. The molecular formula is C6H10FN. The van der Waals surface area contributed by atoms with Crippen LogP contribution in [0.1, 0.15) is 12.8 Å². The zero-order chi connectivity index (χ0) is 5.72. The maximum Gasteiger partial charge on any atom is 0.101 e. The van der Waals surface area contributed by atoms with Crippen molar-refractivity contribution >= 4 is 0 Å². The highest BCUT2D eigenvalue weighted by Gasteiger charge is 2.54. The number of nitrogens with two attached hydrogens (primary N) is 1. The first kappa shape index (κ1) is 4.74. The predicted octanol–water partition coefficient (Wildman–Crippen LogP) is 0.692. The molecule has 2 heteroatoms. The Hall–Kier alpha value is -0.110. The van der Waals surface area contributed by atoms with Gasteiger partial charge in [0, 0.05) is 6.04 Å². The van der Waals surface area contributed by atoms with Crippen LogP contribution in [0.25, 0.3) is 0 Å². The van der Waals surface area contributed by atoms with Gasteiger partial charge in [0.15, 0.2) is 0 Å². The summed E-state index contributed by atoms with van der Waals surface area (Å²) in [5.74, 6) is 1.12. The molecule has 0 radical (unpaired) electrons. The molecule has 0 aromatic heterocycles. The Morgan fingerprint density at radius 2 is 1.75 bits per heavy atom. The van der Waals surface area contributed by atoms with E-state index in [1.165, 1.54) is 0 Å². The summed E-state index contributed by atoms with van der Waals surface area (Å²) in [6, 6.07) is 0.363. The zero-order valence-electron chi connectivity index (χ0n) is 4.68. The van der Waals surface area contributed by atoms with Crippen LogP contribution in [0.2, 0.25) is 0 Å². The molecule has 2 unspecified atom stereocenters. The van der Waals surface area contributed by atoms with Crippen LogP contribution in [-0.2, 0) is 0 Å². The minimum atomic E-state index is -0.523. The van der Waals surface area contributed by atoms with Gasteiger partial charge in [-0.3, -0.25) is 0 Å². The Balaban J connectivity index is 2.00. The van der Waals surface area contributed by atoms with Crippen LogP contribution < -0.4 is 5.73 Å². The molecule has 0 aliphatic heterocycles. The molecule has 46 valence electrons. The van der Waals surface area contributed by atoms with E-state index in [0.717, 1.165) is 12.8 Å². The molecule has 2 fully saturated rings. The summed E-state index contributed by atoms with van der Waals surface area (Å²) in [6.45, 7) is 0. The topological polar surface area (TPSA) is 26.0 Å². The minimum absolute atomic E-state index is 0.363. The molecule has 0 bridgehead atoms.